The fourth-order valence-electron chi connectivity index (χ4n) is 13.6. The van der Waals surface area contributed by atoms with Gasteiger partial charge >= 0.3 is 0 Å². The summed E-state index contributed by atoms with van der Waals surface area (Å²) < 4.78 is 0. The molecule has 10 rings (SSSR count). The molecule has 65 heavy (non-hydrogen) atoms. The molecule has 0 unspecified atom stereocenters. The highest BCUT2D eigenvalue weighted by Crippen LogP contribution is 2.55. The van der Waals surface area contributed by atoms with Gasteiger partial charge in [0.2, 0.25) is 0 Å². The van der Waals surface area contributed by atoms with E-state index in [2.05, 4.69) is 214 Å². The van der Waals surface area contributed by atoms with Crippen molar-refractivity contribution in [2.75, 3.05) is 9.80 Å². The van der Waals surface area contributed by atoms with Gasteiger partial charge in [-0.1, -0.05) is 155 Å². The van der Waals surface area contributed by atoms with Gasteiger partial charge in [0, 0.05) is 34.1 Å². The molecule has 2 nitrogen and oxygen atoms in total. The third-order valence-corrected chi connectivity index (χ3v) is 17.8. The SMILES string of the molecule is Cc1cc2c(cc1N1c3ccc(C(C)(C)C)cc3B3c4cc5c(cc4N(c4ccc6c(c4)C(C)(C)CCC6(C)C)c4cc(C(C)(C)C)cc1c43)C(C)(C)CC5(C)C)C(C)(C)CCC2(C)C. The van der Waals surface area contributed by atoms with E-state index in [1.165, 1.54) is 126 Å². The van der Waals surface area contributed by atoms with Crippen molar-refractivity contribution in [2.45, 2.75) is 207 Å². The second-order valence-electron chi connectivity index (χ2n) is 27.7. The van der Waals surface area contributed by atoms with Gasteiger partial charge in [-0.25, -0.2) is 0 Å². The Morgan fingerprint density at radius 2 is 0.862 bits per heavy atom. The molecule has 0 amide bonds. The molecule has 0 bridgehead atoms. The number of rotatable bonds is 2. The van der Waals surface area contributed by atoms with Crippen LogP contribution in [0.3, 0.4) is 0 Å². The molecule has 0 spiro atoms. The maximum atomic E-state index is 2.74. The van der Waals surface area contributed by atoms with Crippen LogP contribution in [0.4, 0.5) is 34.1 Å². The van der Waals surface area contributed by atoms with Gasteiger partial charge in [-0.2, -0.15) is 0 Å². The molecule has 5 aromatic rings. The Balaban J connectivity index is 1.36. The van der Waals surface area contributed by atoms with Crippen LogP contribution in [-0.4, -0.2) is 6.71 Å². The molecule has 2 heterocycles. The fourth-order valence-corrected chi connectivity index (χ4v) is 13.6. The van der Waals surface area contributed by atoms with Crippen molar-refractivity contribution in [2.24, 2.45) is 0 Å². The molecule has 0 fully saturated rings. The number of hydrogen-bond acceptors (Lipinski definition) is 2. The van der Waals surface area contributed by atoms with Gasteiger partial charge in [-0.3, -0.25) is 0 Å². The van der Waals surface area contributed by atoms with Crippen LogP contribution in [-0.2, 0) is 43.3 Å². The minimum absolute atomic E-state index is 0.00635. The van der Waals surface area contributed by atoms with Crippen LogP contribution in [0.2, 0.25) is 0 Å². The normalized spacial score (nSPS) is 21.2. The lowest BCUT2D eigenvalue weighted by atomic mass is 9.33. The van der Waals surface area contributed by atoms with E-state index in [1.807, 2.05) is 0 Å². The van der Waals surface area contributed by atoms with E-state index in [1.54, 1.807) is 0 Å². The van der Waals surface area contributed by atoms with Crippen LogP contribution in [0.15, 0.2) is 72.8 Å². The first-order chi connectivity index (χ1) is 29.8. The van der Waals surface area contributed by atoms with E-state index in [-0.39, 0.29) is 50.0 Å². The van der Waals surface area contributed by atoms with Gasteiger partial charge in [-0.15, -0.1) is 0 Å². The summed E-state index contributed by atoms with van der Waals surface area (Å²) in [4.78, 5) is 5.46. The lowest BCUT2D eigenvalue weighted by Gasteiger charge is -2.47. The third-order valence-electron chi connectivity index (χ3n) is 17.8. The number of aryl methyl sites for hydroxylation is 1. The Morgan fingerprint density at radius 1 is 0.400 bits per heavy atom. The maximum absolute atomic E-state index is 2.74. The summed E-state index contributed by atoms with van der Waals surface area (Å²) in [6.45, 7) is 46.6. The minimum atomic E-state index is -0.0856. The van der Waals surface area contributed by atoms with Crippen LogP contribution in [0.25, 0.3) is 0 Å². The molecular weight excluding hydrogens is 784 g/mol. The topological polar surface area (TPSA) is 6.48 Å². The highest BCUT2D eigenvalue weighted by atomic mass is 15.2. The lowest BCUT2D eigenvalue weighted by molar-refractivity contribution is 0.332. The lowest BCUT2D eigenvalue weighted by Crippen LogP contribution is -2.62. The van der Waals surface area contributed by atoms with E-state index < -0.39 is 0 Å². The summed E-state index contributed by atoms with van der Waals surface area (Å²) in [5.41, 5.74) is 26.0. The molecule has 0 saturated heterocycles. The molecule has 2 aliphatic heterocycles. The van der Waals surface area contributed by atoms with Crippen molar-refractivity contribution in [3.05, 3.63) is 123 Å². The highest BCUT2D eigenvalue weighted by Gasteiger charge is 2.50. The van der Waals surface area contributed by atoms with E-state index in [0.717, 1.165) is 6.42 Å². The molecule has 3 aliphatic carbocycles. The molecule has 0 saturated carbocycles. The zero-order chi connectivity index (χ0) is 47.1. The van der Waals surface area contributed by atoms with Gasteiger partial charge < -0.3 is 9.80 Å². The molecule has 3 heteroatoms. The Labute approximate surface area is 395 Å². The number of hydrogen-bond donors (Lipinski definition) is 0. The van der Waals surface area contributed by atoms with Crippen molar-refractivity contribution >= 4 is 57.2 Å². The number of nitrogens with zero attached hydrogens (tertiary/aromatic N) is 2. The Bertz CT molecular complexity index is 2840. The molecule has 0 atom stereocenters. The first-order valence-corrected chi connectivity index (χ1v) is 25.3. The number of anilines is 6. The van der Waals surface area contributed by atoms with Gasteiger partial charge in [0.05, 0.1) is 0 Å². The summed E-state index contributed by atoms with van der Waals surface area (Å²) >= 11 is 0. The Hall–Kier alpha value is -4.24. The van der Waals surface area contributed by atoms with Gasteiger partial charge in [-0.05, 0) is 191 Å². The van der Waals surface area contributed by atoms with Gasteiger partial charge in [0.1, 0.15) is 0 Å². The molecule has 0 radical (unpaired) electrons. The monoisotopic (exact) mass is 863 g/mol. The molecule has 5 aromatic carbocycles. The van der Waals surface area contributed by atoms with E-state index >= 15 is 0 Å². The van der Waals surface area contributed by atoms with E-state index in [9.17, 15) is 0 Å². The zero-order valence-electron chi connectivity index (χ0n) is 43.9. The standard InChI is InChI=1S/C62H79BN2/c1-37-28-42-45(60(14,15)27-26-58(42,10)11)34-50(37)65-49-23-20-38(55(2,3)4)29-47(49)63-48-33-44-46(62(18,19)36-61(44,16)17)35-51(48)64(52-30-39(56(5,6)7)31-53(65)54(52)63)40-21-22-41-43(32-40)59(12,13)25-24-57(41,8)9/h20-23,28-35H,24-27,36H2,1-19H3. The highest BCUT2D eigenvalue weighted by molar-refractivity contribution is 7.00. The summed E-state index contributed by atoms with van der Waals surface area (Å²) in [6, 6.07) is 30.9. The maximum Gasteiger partial charge on any atom is 0.252 e. The quantitative estimate of drug-likeness (QED) is 0.160. The van der Waals surface area contributed by atoms with Crippen LogP contribution < -0.4 is 26.2 Å². The van der Waals surface area contributed by atoms with Crippen LogP contribution in [0, 0.1) is 6.92 Å². The van der Waals surface area contributed by atoms with Crippen molar-refractivity contribution in [1.29, 1.82) is 0 Å². The van der Waals surface area contributed by atoms with Gasteiger partial charge in [0.25, 0.3) is 6.71 Å². The second-order valence-corrected chi connectivity index (χ2v) is 27.7. The predicted molar refractivity (Wildman–Crippen MR) is 284 cm³/mol. The molecule has 340 valence electrons. The van der Waals surface area contributed by atoms with E-state index in [4.69, 9.17) is 0 Å². The summed E-state index contributed by atoms with van der Waals surface area (Å²) in [6.07, 6.45) is 5.94. The first kappa shape index (κ1) is 44.6. The molecule has 5 aliphatic rings. The molecular formula is C62H79BN2. The third kappa shape index (κ3) is 6.60. The van der Waals surface area contributed by atoms with Crippen molar-refractivity contribution in [3.63, 3.8) is 0 Å². The van der Waals surface area contributed by atoms with Crippen LogP contribution >= 0.6 is 0 Å². The first-order valence-electron chi connectivity index (χ1n) is 25.3. The Kier molecular flexibility index (Phi) is 9.24. The van der Waals surface area contributed by atoms with Crippen molar-refractivity contribution < 1.29 is 0 Å². The fraction of sp³-hybridized carbons (Fsp3) is 0.516. The average molecular weight is 863 g/mol. The number of benzene rings is 5. The predicted octanol–water partition coefficient (Wildman–Crippen LogP) is 15.3. The molecule has 0 aromatic heterocycles. The van der Waals surface area contributed by atoms with E-state index in [0.29, 0.717) is 0 Å². The molecule has 0 N–H and O–H groups in total. The van der Waals surface area contributed by atoms with Gasteiger partial charge in [0.15, 0.2) is 0 Å². The van der Waals surface area contributed by atoms with Crippen molar-refractivity contribution in [1.82, 2.24) is 0 Å². The smallest absolute Gasteiger partial charge is 0.252 e. The summed E-state index contributed by atoms with van der Waals surface area (Å²) in [7, 11) is 0. The Morgan fingerprint density at radius 3 is 1.43 bits per heavy atom. The summed E-state index contributed by atoms with van der Waals surface area (Å²) in [5, 5.41) is 0. The average Bonchev–Trinajstić information content (AvgIpc) is 3.38. The van der Waals surface area contributed by atoms with Crippen LogP contribution in [0.1, 0.15) is 207 Å². The van der Waals surface area contributed by atoms with Crippen molar-refractivity contribution in [3.8, 4) is 0 Å². The number of fused-ring (bicyclic) bond motifs is 7. The largest absolute Gasteiger partial charge is 0.311 e. The van der Waals surface area contributed by atoms with Crippen LogP contribution in [0.5, 0.6) is 0 Å². The second kappa shape index (κ2) is 13.5. The minimum Gasteiger partial charge on any atom is -0.311 e. The summed E-state index contributed by atoms with van der Waals surface area (Å²) in [5.74, 6) is 0. The zero-order valence-corrected chi connectivity index (χ0v) is 43.9.